The molecule has 0 amide bonds. The van der Waals surface area contributed by atoms with E-state index in [0.29, 0.717) is 31.3 Å². The smallest absolute Gasteiger partial charge is 0.388 e. The van der Waals surface area contributed by atoms with Crippen LogP contribution in [0.5, 0.6) is 5.88 Å². The van der Waals surface area contributed by atoms with Crippen molar-refractivity contribution >= 4 is 11.2 Å². The normalized spacial score (nSPS) is 20.1. The number of halogens is 4. The Morgan fingerprint density at radius 3 is 2.68 bits per heavy atom. The zero-order valence-corrected chi connectivity index (χ0v) is 19.7. The molecule has 8 nitrogen and oxygen atoms in total. The summed E-state index contributed by atoms with van der Waals surface area (Å²) in [6, 6.07) is 3.49. The fourth-order valence-corrected chi connectivity index (χ4v) is 4.60. The zero-order chi connectivity index (χ0) is 25.7. The van der Waals surface area contributed by atoms with Crippen LogP contribution >= 0.6 is 0 Å². The number of fused-ring (bicyclic) bond motifs is 1. The van der Waals surface area contributed by atoms with E-state index in [1.54, 1.807) is 0 Å². The molecule has 0 unspecified atom stereocenters. The molecule has 6 rings (SSSR count). The summed E-state index contributed by atoms with van der Waals surface area (Å²) in [5.74, 6) is -1.81. The number of nitrogens with zero attached hydrogens (tertiary/aromatic N) is 6. The predicted molar refractivity (Wildman–Crippen MR) is 123 cm³/mol. The maximum atomic E-state index is 14.9. The van der Waals surface area contributed by atoms with Crippen LogP contribution in [-0.4, -0.2) is 42.9 Å². The summed E-state index contributed by atoms with van der Waals surface area (Å²) >= 11 is 0. The molecule has 37 heavy (non-hydrogen) atoms. The minimum Gasteiger partial charge on any atom is -0.415 e. The number of hydrogen-bond acceptors (Lipinski definition) is 7. The Morgan fingerprint density at radius 2 is 1.92 bits per heavy atom. The fourth-order valence-electron chi connectivity index (χ4n) is 4.60. The van der Waals surface area contributed by atoms with Gasteiger partial charge in [-0.1, -0.05) is 0 Å². The van der Waals surface area contributed by atoms with Crippen molar-refractivity contribution in [3.8, 4) is 17.1 Å². The van der Waals surface area contributed by atoms with Crippen LogP contribution in [0.3, 0.4) is 0 Å². The van der Waals surface area contributed by atoms with Crippen molar-refractivity contribution in [3.63, 3.8) is 0 Å². The van der Waals surface area contributed by atoms with Crippen LogP contribution < -0.4 is 4.74 Å². The number of aryl methyl sites for hydroxylation is 1. The lowest BCUT2D eigenvalue weighted by atomic mass is 9.92. The summed E-state index contributed by atoms with van der Waals surface area (Å²) in [6.07, 6.45) is 7.01. The van der Waals surface area contributed by atoms with Crippen LogP contribution in [0.15, 0.2) is 30.6 Å². The van der Waals surface area contributed by atoms with Gasteiger partial charge in [-0.05, 0) is 44.7 Å². The molecule has 1 aliphatic carbocycles. The molecule has 0 radical (unpaired) electrons. The third-order valence-corrected chi connectivity index (χ3v) is 6.63. The van der Waals surface area contributed by atoms with Crippen LogP contribution in [-0.2, 0) is 4.74 Å². The van der Waals surface area contributed by atoms with Crippen molar-refractivity contribution in [2.45, 2.75) is 57.3 Å². The van der Waals surface area contributed by atoms with Gasteiger partial charge in [0.05, 0.1) is 18.3 Å². The van der Waals surface area contributed by atoms with Gasteiger partial charge in [0.25, 0.3) is 0 Å². The lowest BCUT2D eigenvalue weighted by Crippen LogP contribution is -2.20. The first-order chi connectivity index (χ1) is 17.9. The minimum absolute atomic E-state index is 0.0220. The molecule has 2 aliphatic rings. The van der Waals surface area contributed by atoms with E-state index in [0.717, 1.165) is 30.5 Å². The molecule has 4 heterocycles. The molecule has 1 saturated heterocycles. The van der Waals surface area contributed by atoms with Gasteiger partial charge in [0.1, 0.15) is 34.4 Å². The topological polar surface area (TPSA) is 87.8 Å². The lowest BCUT2D eigenvalue weighted by Gasteiger charge is -2.28. The second-order valence-electron chi connectivity index (χ2n) is 9.29. The number of hydrogen-bond donors (Lipinski definition) is 0. The van der Waals surface area contributed by atoms with Crippen LogP contribution in [0, 0.1) is 18.6 Å². The molecule has 1 saturated carbocycles. The van der Waals surface area contributed by atoms with E-state index in [1.807, 2.05) is 17.1 Å². The zero-order valence-electron chi connectivity index (χ0n) is 19.7. The van der Waals surface area contributed by atoms with Crippen molar-refractivity contribution in [3.05, 3.63) is 59.3 Å². The van der Waals surface area contributed by atoms with Gasteiger partial charge in [-0.3, -0.25) is 4.68 Å². The van der Waals surface area contributed by atoms with Gasteiger partial charge in [0.15, 0.2) is 5.65 Å². The Labute approximate surface area is 208 Å². The van der Waals surface area contributed by atoms with E-state index in [9.17, 15) is 17.6 Å². The van der Waals surface area contributed by atoms with Gasteiger partial charge in [-0.15, -0.1) is 0 Å². The molecule has 12 heteroatoms. The summed E-state index contributed by atoms with van der Waals surface area (Å²) < 4.78 is 66.8. The average molecular weight is 514 g/mol. The molecule has 0 spiro atoms. The van der Waals surface area contributed by atoms with Crippen molar-refractivity contribution in [1.29, 1.82) is 0 Å². The Kier molecular flexibility index (Phi) is 5.98. The lowest BCUT2D eigenvalue weighted by molar-refractivity contribution is -0.0534. The van der Waals surface area contributed by atoms with Crippen LogP contribution in [0.4, 0.5) is 17.6 Å². The predicted octanol–water partition coefficient (Wildman–Crippen LogP) is 5.44. The van der Waals surface area contributed by atoms with Gasteiger partial charge in [-0.25, -0.2) is 28.7 Å². The fraction of sp³-hybridized carbons (Fsp3) is 0.400. The summed E-state index contributed by atoms with van der Waals surface area (Å²) in [5.41, 5.74) is 1.11. The van der Waals surface area contributed by atoms with Gasteiger partial charge in [0, 0.05) is 35.9 Å². The third-order valence-electron chi connectivity index (χ3n) is 6.63. The highest BCUT2D eigenvalue weighted by Crippen LogP contribution is 2.40. The van der Waals surface area contributed by atoms with E-state index in [1.165, 1.54) is 13.0 Å². The Bertz CT molecular complexity index is 1480. The van der Waals surface area contributed by atoms with E-state index >= 15 is 0 Å². The Balaban J connectivity index is 1.42. The molecular weight excluding hydrogens is 492 g/mol. The molecule has 1 aromatic carbocycles. The maximum Gasteiger partial charge on any atom is 0.388 e. The van der Waals surface area contributed by atoms with Gasteiger partial charge < -0.3 is 9.47 Å². The van der Waals surface area contributed by atoms with E-state index in [4.69, 9.17) is 4.74 Å². The van der Waals surface area contributed by atoms with Gasteiger partial charge in [0.2, 0.25) is 5.88 Å². The van der Waals surface area contributed by atoms with Crippen LogP contribution in [0.2, 0.25) is 0 Å². The Hall–Kier alpha value is -3.67. The minimum atomic E-state index is -3.12. The largest absolute Gasteiger partial charge is 0.415 e. The SMILES string of the molecule is Cc1nc2nc([C@@H]3CCO[C@H](c4cnn(C5CC5)c4)C3)nc(-c3ccc(F)cc3F)c2nc1OC(F)F. The second kappa shape index (κ2) is 9.33. The first-order valence-electron chi connectivity index (χ1n) is 12.0. The van der Waals surface area contributed by atoms with Gasteiger partial charge >= 0.3 is 6.61 Å². The van der Waals surface area contributed by atoms with Crippen LogP contribution in [0.1, 0.15) is 60.8 Å². The molecule has 2 fully saturated rings. The molecule has 4 aromatic rings. The monoisotopic (exact) mass is 514 g/mol. The highest BCUT2D eigenvalue weighted by Gasteiger charge is 2.31. The van der Waals surface area contributed by atoms with Crippen molar-refractivity contribution in [2.24, 2.45) is 0 Å². The van der Waals surface area contributed by atoms with E-state index in [-0.39, 0.29) is 40.1 Å². The molecule has 2 atom stereocenters. The molecule has 1 aliphatic heterocycles. The second-order valence-corrected chi connectivity index (χ2v) is 9.29. The number of benzene rings is 1. The summed E-state index contributed by atoms with van der Waals surface area (Å²) in [4.78, 5) is 17.6. The first kappa shape index (κ1) is 23.7. The standard InChI is InChI=1S/C25H22F4N6O2/c1-12-24(37-25(28)29)33-21-20(17-5-2-15(26)9-18(17)27)32-22(34-23(21)31-12)13-6-7-36-19(8-13)14-10-30-35(11-14)16-3-4-16/h2,5,9-11,13,16,19,25H,3-4,6-8H2,1H3/t13-,19+/m1/s1. The van der Waals surface area contributed by atoms with Crippen molar-refractivity contribution in [1.82, 2.24) is 29.7 Å². The third kappa shape index (κ3) is 4.73. The number of ether oxygens (including phenoxy) is 2. The first-order valence-corrected chi connectivity index (χ1v) is 12.0. The number of rotatable bonds is 6. The van der Waals surface area contributed by atoms with E-state index in [2.05, 4.69) is 29.8 Å². The summed E-state index contributed by atoms with van der Waals surface area (Å²) in [7, 11) is 0. The molecule has 192 valence electrons. The summed E-state index contributed by atoms with van der Waals surface area (Å²) in [6.45, 7) is -1.20. The maximum absolute atomic E-state index is 14.9. The van der Waals surface area contributed by atoms with E-state index < -0.39 is 24.1 Å². The molecule has 3 aromatic heterocycles. The molecule has 0 bridgehead atoms. The number of alkyl halides is 2. The van der Waals surface area contributed by atoms with Crippen molar-refractivity contribution in [2.75, 3.05) is 6.61 Å². The van der Waals surface area contributed by atoms with Crippen LogP contribution in [0.25, 0.3) is 22.4 Å². The number of aromatic nitrogens is 6. The van der Waals surface area contributed by atoms with Gasteiger partial charge in [-0.2, -0.15) is 13.9 Å². The highest BCUT2D eigenvalue weighted by molar-refractivity contribution is 5.87. The highest BCUT2D eigenvalue weighted by atomic mass is 19.3. The molecular formula is C25H22F4N6O2. The Morgan fingerprint density at radius 1 is 1.08 bits per heavy atom. The average Bonchev–Trinajstić information content (AvgIpc) is 3.60. The quantitative estimate of drug-likeness (QED) is 0.317. The summed E-state index contributed by atoms with van der Waals surface area (Å²) in [5, 5.41) is 4.45. The molecule has 0 N–H and O–H groups in total. The van der Waals surface area contributed by atoms with Crippen molar-refractivity contribution < 1.29 is 27.0 Å².